The zero-order valence-corrected chi connectivity index (χ0v) is 80.2. The van der Waals surface area contributed by atoms with Gasteiger partial charge in [-0.25, -0.2) is 0 Å². The minimum atomic E-state index is -0.511. The van der Waals surface area contributed by atoms with Crippen LogP contribution in [0.5, 0.6) is 23.5 Å². The van der Waals surface area contributed by atoms with Crippen molar-refractivity contribution in [2.45, 2.75) is 103 Å². The van der Waals surface area contributed by atoms with Crippen LogP contribution in [-0.2, 0) is 81.3 Å². The Morgan fingerprint density at radius 2 is 0.709 bits per heavy atom. The fourth-order valence-corrected chi connectivity index (χ4v) is 16.2. The van der Waals surface area contributed by atoms with Gasteiger partial charge in [0.2, 0.25) is 46.8 Å². The molecule has 4 aliphatic rings. The van der Waals surface area contributed by atoms with Gasteiger partial charge in [-0.05, 0) is 105 Å². The van der Waals surface area contributed by atoms with E-state index in [0.717, 1.165) is 75.2 Å². The van der Waals surface area contributed by atoms with Gasteiger partial charge in [-0.3, -0.25) is 39.1 Å². The van der Waals surface area contributed by atoms with E-state index in [4.69, 9.17) is 71.9 Å². The predicted octanol–water partition coefficient (Wildman–Crippen LogP) is 11.5. The van der Waals surface area contributed by atoms with Crippen LogP contribution < -0.4 is 40.2 Å². The monoisotopic (exact) mass is 2000 g/mol. The molecule has 4 N–H and O–H groups in total. The SMILES string of the molecule is C#CC1(NC(=O)c2ccc(COc3nn4c(-c5cc(COC)on5)nnc4c4ccccc34)nc2)CC1.COCc1cc(-c2nnc3c4ccccc4c(OCc4ccc(C(=O)NC5CCC5)cn4)nn23)no1.COCc1cc(-c2nnc3c4ccccc4c(OCc4ccc(C(=O)NCC5(C)COC5)cn4)nn23)no1.COCc1cc(-c2nnc3c4ccccc4c(OCc4ccc(C(=O)NCC5COC5)cn4)nn23)no1. The summed E-state index contributed by atoms with van der Waals surface area (Å²) in [5.41, 5.74) is 8.21. The Morgan fingerprint density at radius 1 is 0.392 bits per heavy atom. The molecule has 2 aliphatic heterocycles. The number of rotatable bonds is 34. The molecule has 2 saturated heterocycles. The first-order valence-corrected chi connectivity index (χ1v) is 47.0. The number of carbonyl (C=O) groups excluding carboxylic acids is 4. The van der Waals surface area contributed by atoms with Crippen LogP contribution in [0.3, 0.4) is 0 Å². The van der Waals surface area contributed by atoms with E-state index in [1.165, 1.54) is 6.20 Å². The Labute approximate surface area is 838 Å². The second-order valence-corrected chi connectivity index (χ2v) is 35.6. The van der Waals surface area contributed by atoms with Crippen molar-refractivity contribution in [3.8, 4) is 81.9 Å². The maximum atomic E-state index is 12.5. The van der Waals surface area contributed by atoms with Gasteiger partial charge in [0.05, 0.1) is 71.5 Å². The summed E-state index contributed by atoms with van der Waals surface area (Å²) in [6.45, 7) is 7.69. The molecule has 0 radical (unpaired) electrons. The number of nitrogens with zero attached hydrogens (tertiary/aromatic N) is 24. The first-order valence-electron chi connectivity index (χ1n) is 47.0. The van der Waals surface area contributed by atoms with Gasteiger partial charge in [0, 0.05) is 151 Å². The summed E-state index contributed by atoms with van der Waals surface area (Å²) in [6.07, 6.45) is 16.5. The summed E-state index contributed by atoms with van der Waals surface area (Å²) in [4.78, 5) is 67.2. The summed E-state index contributed by atoms with van der Waals surface area (Å²) >= 11 is 0. The van der Waals surface area contributed by atoms with Crippen LogP contribution in [0.2, 0.25) is 0 Å². The molecule has 0 spiro atoms. The third kappa shape index (κ3) is 20.9. The fraction of sp³-hybridized carbons (Fsp3) is 0.275. The highest BCUT2D eigenvalue weighted by atomic mass is 16.5. The van der Waals surface area contributed by atoms with Crippen molar-refractivity contribution >= 4 is 89.3 Å². The Hall–Kier alpha value is -18.0. The smallest absolute Gasteiger partial charge is 0.254 e. The lowest BCUT2D eigenvalue weighted by Crippen LogP contribution is -2.48. The number of methoxy groups -OCH3 is 4. The molecule has 24 rings (SSSR count). The number of benzene rings is 4. The van der Waals surface area contributed by atoms with Crippen molar-refractivity contribution in [1.82, 2.24) is 141 Å². The van der Waals surface area contributed by atoms with E-state index in [9.17, 15) is 19.2 Å². The zero-order chi connectivity index (χ0) is 101. The largest absolute Gasteiger partial charge is 0.470 e. The minimum absolute atomic E-state index is 0.00173. The Kier molecular flexibility index (Phi) is 27.8. The topological polar surface area (TPSA) is 537 Å². The van der Waals surface area contributed by atoms with Crippen molar-refractivity contribution in [3.63, 3.8) is 0 Å². The van der Waals surface area contributed by atoms with Gasteiger partial charge in [0.1, 0.15) is 58.4 Å². The fourth-order valence-electron chi connectivity index (χ4n) is 16.2. The van der Waals surface area contributed by atoms with Gasteiger partial charge in [0.15, 0.2) is 68.4 Å². The van der Waals surface area contributed by atoms with Gasteiger partial charge in [-0.2, -0.15) is 18.1 Å². The maximum Gasteiger partial charge on any atom is 0.254 e. The lowest BCUT2D eigenvalue weighted by molar-refractivity contribution is -0.0978. The van der Waals surface area contributed by atoms with E-state index < -0.39 is 5.54 Å². The summed E-state index contributed by atoms with van der Waals surface area (Å²) in [5, 5.41) is 87.6. The number of pyridine rings is 4. The number of ether oxygens (including phenoxy) is 10. The average molecular weight is 2000 g/mol. The van der Waals surface area contributed by atoms with Gasteiger partial charge < -0.3 is 86.7 Å². The van der Waals surface area contributed by atoms with E-state index in [-0.39, 0.29) is 81.3 Å². The molecule has 18 heterocycles. The van der Waals surface area contributed by atoms with Gasteiger partial charge in [-0.15, -0.1) is 67.6 Å². The number of terminal acetylenes is 1. The van der Waals surface area contributed by atoms with E-state index in [1.54, 1.807) is 138 Å². The normalized spacial score (nSPS) is 13.9. The maximum absolute atomic E-state index is 12.5. The third-order valence-corrected chi connectivity index (χ3v) is 24.6. The molecule has 20 aromatic rings. The van der Waals surface area contributed by atoms with Crippen molar-refractivity contribution < 1.29 is 84.6 Å². The molecule has 0 unspecified atom stereocenters. The van der Waals surface area contributed by atoms with E-state index in [1.807, 2.05) is 97.1 Å². The zero-order valence-electron chi connectivity index (χ0n) is 80.2. The number of hydrogen-bond donors (Lipinski definition) is 4. The lowest BCUT2D eigenvalue weighted by Gasteiger charge is -2.38. The first-order chi connectivity index (χ1) is 72.5. The number of aromatic nitrogens is 24. The van der Waals surface area contributed by atoms with E-state index in [2.05, 4.69) is 136 Å². The summed E-state index contributed by atoms with van der Waals surface area (Å²) in [6, 6.07) is 51.8. The predicted molar refractivity (Wildman–Crippen MR) is 524 cm³/mol. The summed E-state index contributed by atoms with van der Waals surface area (Å²) < 4.78 is 82.7. The summed E-state index contributed by atoms with van der Waals surface area (Å²) in [7, 11) is 6.31. The molecule has 2 aliphatic carbocycles. The molecular weight excluding hydrogens is 1910 g/mol. The second-order valence-electron chi connectivity index (χ2n) is 35.6. The number of nitrogens with one attached hydrogen (secondary N) is 4. The Bertz CT molecular complexity index is 8290. The molecule has 748 valence electrons. The highest BCUT2D eigenvalue weighted by Crippen LogP contribution is 2.38. The molecule has 0 bridgehead atoms. The van der Waals surface area contributed by atoms with Crippen LogP contribution >= 0.6 is 0 Å². The molecule has 148 heavy (non-hydrogen) atoms. The Morgan fingerprint density at radius 3 is 0.980 bits per heavy atom. The van der Waals surface area contributed by atoms with Crippen molar-refractivity contribution in [3.05, 3.63) is 263 Å². The van der Waals surface area contributed by atoms with E-state index in [0.29, 0.717) is 212 Å². The standard InChI is InChI=1S/C26H25N7O5.C26H21N7O4.C25H23N7O5.C25H23N7O4/c1-26(14-36-15-26)13-28-24(34)16-7-8-17(27-10-16)11-37-25-20-6-4-3-5-19(20)22-29-30-23(33(22)31-25)21-9-18(12-35-2)38-32-21;1-3-26(10-11-26)28-24(34)16-8-9-17(27-13-16)14-36-25-20-7-5-4-6-19(20)22-29-30-23(33(22)31-25)21-12-18(15-35-2)37-32-21;1-34-14-18-8-21(31-37-18)23-29-28-22-19-4-2-3-5-20(19)25(30-32(22)23)36-13-17-7-6-16(10-26-17)24(33)27-9-15-11-35-12-15;1-34-14-18-11-21(31-36-18)23-29-28-22-19-7-2-3-8-20(19)25(30-32(22)23)35-13-17-10-9-15(12-26-17)24(33)27-16-5-4-6-16/h3-10H,11-15H2,1-2H3,(H,28,34);1,4-9,12-13H,10-11,14-15H2,2H3,(H,28,34);2-8,10,15H,9,11-14H2,1H3,(H,27,33);2-3,7-12,16H,4-6,13-14H2,1H3,(H,27,33). The molecule has 4 aromatic carbocycles. The molecule has 2 saturated carbocycles. The van der Waals surface area contributed by atoms with Crippen molar-refractivity contribution in [2.75, 3.05) is 68.0 Å². The van der Waals surface area contributed by atoms with Gasteiger partial charge in [0.25, 0.3) is 23.6 Å². The Balaban J connectivity index is 0.000000116. The average Bonchev–Trinajstić information content (AvgIpc) is 1.60. The van der Waals surface area contributed by atoms with Crippen LogP contribution in [0.25, 0.3) is 112 Å². The molecular formula is C102H92N28O18. The number of hydrogen-bond acceptors (Lipinski definition) is 38. The van der Waals surface area contributed by atoms with Crippen LogP contribution in [-0.4, -0.2) is 223 Å². The molecule has 16 aromatic heterocycles. The minimum Gasteiger partial charge on any atom is -0.470 e. The number of carbonyl (C=O) groups is 4. The summed E-state index contributed by atoms with van der Waals surface area (Å²) in [5.74, 6) is 7.80. The van der Waals surface area contributed by atoms with Crippen LogP contribution in [0, 0.1) is 23.7 Å². The van der Waals surface area contributed by atoms with Crippen LogP contribution in [0.1, 0.15) is 126 Å². The lowest BCUT2D eigenvalue weighted by atomic mass is 9.89. The van der Waals surface area contributed by atoms with E-state index >= 15 is 0 Å². The van der Waals surface area contributed by atoms with Crippen LogP contribution in [0.4, 0.5) is 0 Å². The highest BCUT2D eigenvalue weighted by molar-refractivity contribution is 6.01. The second kappa shape index (κ2) is 42.9. The van der Waals surface area contributed by atoms with Crippen molar-refractivity contribution in [1.29, 1.82) is 0 Å². The molecule has 46 heteroatoms. The number of fused-ring (bicyclic) bond motifs is 12. The first kappa shape index (κ1) is 96.1. The highest BCUT2D eigenvalue weighted by Gasteiger charge is 2.43. The van der Waals surface area contributed by atoms with Gasteiger partial charge in [-0.1, -0.05) is 106 Å². The quantitative estimate of drug-likeness (QED) is 0.0272. The van der Waals surface area contributed by atoms with Crippen molar-refractivity contribution in [2.24, 2.45) is 11.3 Å². The molecule has 0 atom stereocenters. The third-order valence-electron chi connectivity index (χ3n) is 24.6. The molecule has 4 amide bonds. The van der Waals surface area contributed by atoms with Gasteiger partial charge >= 0.3 is 0 Å². The number of amides is 4. The van der Waals surface area contributed by atoms with Crippen LogP contribution in [0.15, 0.2) is 213 Å². The molecule has 46 nitrogen and oxygen atoms in total. The molecule has 4 fully saturated rings.